The van der Waals surface area contributed by atoms with Gasteiger partial charge in [0, 0.05) is 31.7 Å². The van der Waals surface area contributed by atoms with E-state index < -0.39 is 0 Å². The first-order valence-electron chi connectivity index (χ1n) is 7.98. The SMILES string of the molecule is Fc1ccc(CCN2CCNC3(CCCCC3)C2)cc1. The van der Waals surface area contributed by atoms with Crippen LogP contribution >= 0.6 is 0 Å². The molecule has 2 aliphatic rings. The number of benzene rings is 1. The lowest BCUT2D eigenvalue weighted by Gasteiger charge is -2.46. The zero-order valence-electron chi connectivity index (χ0n) is 12.2. The van der Waals surface area contributed by atoms with Gasteiger partial charge in [0.15, 0.2) is 0 Å². The van der Waals surface area contributed by atoms with Crippen molar-refractivity contribution < 1.29 is 4.39 Å². The number of rotatable bonds is 3. The van der Waals surface area contributed by atoms with Gasteiger partial charge in [-0.3, -0.25) is 4.90 Å². The van der Waals surface area contributed by atoms with Gasteiger partial charge in [0.05, 0.1) is 0 Å². The van der Waals surface area contributed by atoms with Crippen LogP contribution in [-0.4, -0.2) is 36.6 Å². The van der Waals surface area contributed by atoms with E-state index in [9.17, 15) is 4.39 Å². The Bertz CT molecular complexity index is 418. The van der Waals surface area contributed by atoms with E-state index in [1.165, 1.54) is 44.2 Å². The zero-order chi connectivity index (χ0) is 13.8. The maximum Gasteiger partial charge on any atom is 0.123 e. The molecule has 3 heteroatoms. The number of nitrogens with zero attached hydrogens (tertiary/aromatic N) is 1. The van der Waals surface area contributed by atoms with Crippen molar-refractivity contribution in [3.8, 4) is 0 Å². The van der Waals surface area contributed by atoms with Crippen LogP contribution in [0.15, 0.2) is 24.3 Å². The van der Waals surface area contributed by atoms with Crippen molar-refractivity contribution in [1.29, 1.82) is 0 Å². The van der Waals surface area contributed by atoms with Gasteiger partial charge in [-0.05, 0) is 37.0 Å². The van der Waals surface area contributed by atoms with Gasteiger partial charge in [-0.25, -0.2) is 4.39 Å². The van der Waals surface area contributed by atoms with Crippen LogP contribution in [-0.2, 0) is 6.42 Å². The molecule has 0 radical (unpaired) electrons. The quantitative estimate of drug-likeness (QED) is 0.913. The predicted octanol–water partition coefficient (Wildman–Crippen LogP) is 2.98. The molecule has 1 aliphatic carbocycles. The molecule has 3 rings (SSSR count). The van der Waals surface area contributed by atoms with E-state index in [1.807, 2.05) is 12.1 Å². The Kier molecular flexibility index (Phi) is 4.37. The summed E-state index contributed by atoms with van der Waals surface area (Å²) in [4.78, 5) is 2.59. The lowest BCUT2D eigenvalue weighted by molar-refractivity contribution is 0.100. The van der Waals surface area contributed by atoms with Gasteiger partial charge in [-0.1, -0.05) is 31.4 Å². The lowest BCUT2D eigenvalue weighted by Crippen LogP contribution is -2.61. The van der Waals surface area contributed by atoms with Crippen LogP contribution < -0.4 is 5.32 Å². The van der Waals surface area contributed by atoms with Gasteiger partial charge in [0.1, 0.15) is 5.82 Å². The van der Waals surface area contributed by atoms with Crippen LogP contribution in [0.25, 0.3) is 0 Å². The first kappa shape index (κ1) is 14.0. The minimum absolute atomic E-state index is 0.142. The second-order valence-electron chi connectivity index (χ2n) is 6.42. The van der Waals surface area contributed by atoms with E-state index in [4.69, 9.17) is 0 Å². The van der Waals surface area contributed by atoms with Crippen LogP contribution in [0.1, 0.15) is 37.7 Å². The molecule has 1 aromatic rings. The van der Waals surface area contributed by atoms with E-state index in [0.717, 1.165) is 26.1 Å². The highest BCUT2D eigenvalue weighted by molar-refractivity contribution is 5.16. The number of nitrogens with one attached hydrogen (secondary N) is 1. The summed E-state index contributed by atoms with van der Waals surface area (Å²) in [7, 11) is 0. The molecule has 20 heavy (non-hydrogen) atoms. The fourth-order valence-corrected chi connectivity index (χ4v) is 3.73. The topological polar surface area (TPSA) is 15.3 Å². The third-order valence-corrected chi connectivity index (χ3v) is 4.89. The molecule has 2 fully saturated rings. The largest absolute Gasteiger partial charge is 0.309 e. The summed E-state index contributed by atoms with van der Waals surface area (Å²) in [6.07, 6.45) is 7.84. The molecular weight excluding hydrogens is 251 g/mol. The molecular formula is C17H25FN2. The molecule has 0 bridgehead atoms. The third-order valence-electron chi connectivity index (χ3n) is 4.89. The van der Waals surface area contributed by atoms with E-state index in [2.05, 4.69) is 10.2 Å². The van der Waals surface area contributed by atoms with Crippen molar-refractivity contribution in [1.82, 2.24) is 10.2 Å². The molecule has 1 aliphatic heterocycles. The van der Waals surface area contributed by atoms with E-state index in [0.29, 0.717) is 5.54 Å². The molecule has 1 saturated heterocycles. The van der Waals surface area contributed by atoms with Crippen molar-refractivity contribution in [2.45, 2.75) is 44.1 Å². The molecule has 1 spiro atoms. The molecule has 0 unspecified atom stereocenters. The first-order chi connectivity index (χ1) is 9.76. The van der Waals surface area contributed by atoms with Crippen LogP contribution in [0, 0.1) is 5.82 Å². The van der Waals surface area contributed by atoms with Crippen molar-refractivity contribution in [2.75, 3.05) is 26.2 Å². The van der Waals surface area contributed by atoms with Crippen LogP contribution in [0.3, 0.4) is 0 Å². The maximum atomic E-state index is 12.9. The zero-order valence-corrected chi connectivity index (χ0v) is 12.2. The summed E-state index contributed by atoms with van der Waals surface area (Å²) in [6.45, 7) is 4.54. The van der Waals surface area contributed by atoms with Crippen molar-refractivity contribution >= 4 is 0 Å². The minimum atomic E-state index is -0.142. The highest BCUT2D eigenvalue weighted by Gasteiger charge is 2.35. The van der Waals surface area contributed by atoms with Gasteiger partial charge in [0.2, 0.25) is 0 Å². The summed E-state index contributed by atoms with van der Waals surface area (Å²) < 4.78 is 12.9. The number of piperazine rings is 1. The number of halogens is 1. The number of hydrogen-bond acceptors (Lipinski definition) is 2. The third kappa shape index (κ3) is 3.39. The molecule has 1 saturated carbocycles. The molecule has 110 valence electrons. The monoisotopic (exact) mass is 276 g/mol. The average molecular weight is 276 g/mol. The van der Waals surface area contributed by atoms with Gasteiger partial charge in [0.25, 0.3) is 0 Å². The summed E-state index contributed by atoms with van der Waals surface area (Å²) in [5.41, 5.74) is 1.63. The fourth-order valence-electron chi connectivity index (χ4n) is 3.73. The molecule has 0 amide bonds. The van der Waals surface area contributed by atoms with Gasteiger partial charge in [-0.2, -0.15) is 0 Å². The summed E-state index contributed by atoms with van der Waals surface area (Å²) in [5.74, 6) is -0.142. The maximum absolute atomic E-state index is 12.9. The van der Waals surface area contributed by atoms with Gasteiger partial charge in [-0.15, -0.1) is 0 Å². The summed E-state index contributed by atoms with van der Waals surface area (Å²) in [6, 6.07) is 6.95. The number of hydrogen-bond donors (Lipinski definition) is 1. The van der Waals surface area contributed by atoms with Crippen LogP contribution in [0.4, 0.5) is 4.39 Å². The second kappa shape index (κ2) is 6.23. The summed E-state index contributed by atoms with van der Waals surface area (Å²) in [5, 5.41) is 3.78. The summed E-state index contributed by atoms with van der Waals surface area (Å²) >= 11 is 0. The Morgan fingerprint density at radius 1 is 1.10 bits per heavy atom. The Morgan fingerprint density at radius 2 is 1.85 bits per heavy atom. The Labute approximate surface area is 121 Å². The fraction of sp³-hybridized carbons (Fsp3) is 0.647. The van der Waals surface area contributed by atoms with Crippen LogP contribution in [0.2, 0.25) is 0 Å². The van der Waals surface area contributed by atoms with E-state index in [-0.39, 0.29) is 5.82 Å². The standard InChI is InChI=1S/C17H25FN2/c18-16-6-4-15(5-7-16)8-12-20-13-11-19-17(14-20)9-2-1-3-10-17/h4-7,19H,1-3,8-14H2. The predicted molar refractivity (Wildman–Crippen MR) is 80.4 cm³/mol. The van der Waals surface area contributed by atoms with E-state index >= 15 is 0 Å². The van der Waals surface area contributed by atoms with Crippen molar-refractivity contribution in [2.24, 2.45) is 0 Å². The molecule has 1 heterocycles. The molecule has 0 atom stereocenters. The molecule has 0 aromatic heterocycles. The van der Waals surface area contributed by atoms with Crippen molar-refractivity contribution in [3.63, 3.8) is 0 Å². The van der Waals surface area contributed by atoms with E-state index in [1.54, 1.807) is 12.1 Å². The second-order valence-corrected chi connectivity index (χ2v) is 6.42. The van der Waals surface area contributed by atoms with Crippen LogP contribution in [0.5, 0.6) is 0 Å². The highest BCUT2D eigenvalue weighted by Crippen LogP contribution is 2.30. The average Bonchev–Trinajstić information content (AvgIpc) is 2.48. The van der Waals surface area contributed by atoms with Gasteiger partial charge < -0.3 is 5.32 Å². The Hall–Kier alpha value is -0.930. The first-order valence-corrected chi connectivity index (χ1v) is 7.98. The smallest absolute Gasteiger partial charge is 0.123 e. The Balaban J connectivity index is 1.53. The Morgan fingerprint density at radius 3 is 2.60 bits per heavy atom. The normalized spacial score (nSPS) is 23.1. The van der Waals surface area contributed by atoms with Gasteiger partial charge >= 0.3 is 0 Å². The minimum Gasteiger partial charge on any atom is -0.309 e. The molecule has 2 nitrogen and oxygen atoms in total. The molecule has 1 aromatic carbocycles. The lowest BCUT2D eigenvalue weighted by atomic mass is 9.80. The molecule has 1 N–H and O–H groups in total. The highest BCUT2D eigenvalue weighted by atomic mass is 19.1. The van der Waals surface area contributed by atoms with Crippen molar-refractivity contribution in [3.05, 3.63) is 35.6 Å².